The van der Waals surface area contributed by atoms with Gasteiger partial charge in [0.1, 0.15) is 0 Å². The first-order valence-corrected chi connectivity index (χ1v) is 2.86. The first kappa shape index (κ1) is 6.96. The molecule has 0 N–H and O–H groups in total. The van der Waals surface area contributed by atoms with Gasteiger partial charge in [0.25, 0.3) is 0 Å². The molecule has 0 aliphatic carbocycles. The Morgan fingerprint density at radius 3 is 2.62 bits per heavy atom. The van der Waals surface area contributed by atoms with Crippen molar-refractivity contribution in [2.24, 2.45) is 5.92 Å². The molecule has 1 fully saturated rings. The maximum atomic E-state index is 4.20. The number of hydrogen-bond acceptors (Lipinski definition) is 0. The maximum absolute atomic E-state index is 4.20. The molecule has 1 saturated heterocycles. The van der Waals surface area contributed by atoms with Gasteiger partial charge in [0.05, 0.1) is 0 Å². The quantitative estimate of drug-likeness (QED) is 0.642. The van der Waals surface area contributed by atoms with Crippen LogP contribution in [0.5, 0.6) is 0 Å². The molecule has 1 heterocycles. The van der Waals surface area contributed by atoms with E-state index in [4.69, 9.17) is 0 Å². The molecule has 50 valence electrons. The third kappa shape index (κ3) is 1.23. The van der Waals surface area contributed by atoms with Crippen molar-refractivity contribution in [3.05, 3.63) is 11.7 Å². The van der Waals surface area contributed by atoms with Gasteiger partial charge in [0.2, 0.25) is 0 Å². The molecule has 0 aromatic rings. The Morgan fingerprint density at radius 2 is 2.38 bits per heavy atom. The minimum absolute atomic E-state index is 0. The van der Waals surface area contributed by atoms with E-state index in [1.54, 1.807) is 0 Å². The van der Waals surface area contributed by atoms with Gasteiger partial charge in [0, 0.05) is 0 Å². The summed E-state index contributed by atoms with van der Waals surface area (Å²) in [5.74, 6) is 0.806. The van der Waals surface area contributed by atoms with Gasteiger partial charge < -0.3 is 11.7 Å². The number of hydrogen-bond donors (Lipinski definition) is 0. The van der Waals surface area contributed by atoms with Gasteiger partial charge in [-0.2, -0.15) is 25.9 Å². The average Bonchev–Trinajstić information content (AvgIpc) is 2.14. The maximum Gasteiger partial charge on any atom is 0 e. The molecular weight excluding hydrogens is 333 g/mol. The Morgan fingerprint density at radius 1 is 1.62 bits per heavy atom. The Hall–Kier alpha value is -1.04. The summed E-state index contributed by atoms with van der Waals surface area (Å²) in [6.45, 7) is 4.29. The van der Waals surface area contributed by atoms with Crippen molar-refractivity contribution in [2.45, 2.75) is 13.3 Å². The molecule has 2 heteroatoms. The molecule has 1 aliphatic rings. The van der Waals surface area contributed by atoms with Gasteiger partial charge >= 0.3 is 0 Å². The third-order valence-electron chi connectivity index (χ3n) is 1.49. The zero-order chi connectivity index (χ0) is 5.11. The van der Waals surface area contributed by atoms with E-state index in [0.29, 0.717) is 0 Å². The minimum atomic E-state index is 0. The first-order valence-electron chi connectivity index (χ1n) is 2.86. The molecule has 0 amide bonds. The van der Waals surface area contributed by atoms with Gasteiger partial charge in [-0.15, -0.1) is 0 Å². The summed E-state index contributed by atoms with van der Waals surface area (Å²) in [6.07, 6.45) is 3.53. The summed E-state index contributed by atoms with van der Waals surface area (Å²) in [4.78, 5) is 0. The Kier molecular flexibility index (Phi) is 2.63. The zero-order valence-corrected chi connectivity index (χ0v) is 8.02. The van der Waals surface area contributed by atoms with Gasteiger partial charge in [-0.3, -0.25) is 0 Å². The van der Waals surface area contributed by atoms with Crippen molar-refractivity contribution < 1.29 is 0 Å². The third-order valence-corrected chi connectivity index (χ3v) is 1.49. The van der Waals surface area contributed by atoms with Crippen molar-refractivity contribution in [1.29, 1.82) is 0 Å². The second-order valence-corrected chi connectivity index (χ2v) is 2.01. The van der Waals surface area contributed by atoms with Crippen LogP contribution in [0, 0.1) is 12.3 Å². The van der Waals surface area contributed by atoms with Gasteiger partial charge in [-0.25, -0.2) is 0 Å². The predicted octanol–water partition coefficient (Wildman–Crippen LogP) is 1.60. The van der Waals surface area contributed by atoms with Gasteiger partial charge in [-0.05, 0) is 0 Å². The zero-order valence-electron chi connectivity index (χ0n) is 5.08. The summed E-state index contributed by atoms with van der Waals surface area (Å²) < 4.78 is 0. The first-order chi connectivity index (χ1) is 3.43. The van der Waals surface area contributed by atoms with Crippen molar-refractivity contribution in [3.63, 3.8) is 0 Å². The number of rotatable bonds is 1. The van der Waals surface area contributed by atoms with Crippen LogP contribution in [0.15, 0.2) is 0 Å². The second kappa shape index (κ2) is 3.03. The predicted molar refractivity (Wildman–Crippen MR) is 31.2 cm³/mol. The van der Waals surface area contributed by atoms with Crippen LogP contribution in [0.2, 0.25) is 0 Å². The van der Waals surface area contributed by atoms with Crippen LogP contribution < -0.4 is 0 Å². The van der Waals surface area contributed by atoms with E-state index in [1.807, 2.05) is 0 Å². The molecule has 0 bridgehead atoms. The summed E-state index contributed by atoms with van der Waals surface area (Å²) in [5.41, 5.74) is 0. The van der Waals surface area contributed by atoms with E-state index in [1.165, 1.54) is 6.42 Å². The molecule has 1 atom stereocenters. The van der Waals surface area contributed by atoms with Crippen LogP contribution in [0.4, 0.5) is 0 Å². The largest absolute Gasteiger partial charge is 0.664 e. The van der Waals surface area contributed by atoms with Gasteiger partial charge in [-0.1, -0.05) is 6.42 Å². The molecule has 1 rings (SSSR count). The van der Waals surface area contributed by atoms with Crippen LogP contribution in [0.1, 0.15) is 13.3 Å². The molecular formula is C6H11CmN-2. The van der Waals surface area contributed by atoms with Crippen LogP contribution in [0.25, 0.3) is 5.32 Å². The van der Waals surface area contributed by atoms with Crippen LogP contribution in [0.3, 0.4) is 0 Å². The SMILES string of the molecule is C[CH-]C1CC[N-]C1.[Cm]. The van der Waals surface area contributed by atoms with Crippen LogP contribution in [-0.2, 0) is 0 Å². The molecule has 0 aromatic heterocycles. The number of nitrogens with zero attached hydrogens (tertiary/aromatic N) is 1. The topological polar surface area (TPSA) is 14.1 Å². The molecule has 1 nitrogen and oxygen atoms in total. The molecule has 0 spiro atoms. The smallest absolute Gasteiger partial charge is 0 e. The monoisotopic (exact) mass is 340 g/mol. The molecule has 8 heavy (non-hydrogen) atoms. The van der Waals surface area contributed by atoms with E-state index in [2.05, 4.69) is 18.7 Å². The fourth-order valence-electron chi connectivity index (χ4n) is 0.878. The Balaban J connectivity index is 0.000000490. The molecule has 1 aliphatic heterocycles. The summed E-state index contributed by atoms with van der Waals surface area (Å²) in [7, 11) is 0. The van der Waals surface area contributed by atoms with E-state index in [0.717, 1.165) is 19.0 Å². The molecule has 0 radical (unpaired) electrons. The molecule has 1 unspecified atom stereocenters. The van der Waals surface area contributed by atoms with Gasteiger partial charge in [0.15, 0.2) is 0 Å². The normalized spacial score (nSPS) is 27.4. The van der Waals surface area contributed by atoms with Crippen LogP contribution in [-0.4, -0.2) is 13.1 Å². The average molecular weight is 344 g/mol. The van der Waals surface area contributed by atoms with E-state index in [9.17, 15) is 0 Å². The van der Waals surface area contributed by atoms with Crippen molar-refractivity contribution in [1.82, 2.24) is 0 Å². The summed E-state index contributed by atoms with van der Waals surface area (Å²) >= 11 is 0. The van der Waals surface area contributed by atoms with Crippen LogP contribution >= 0.6 is 0 Å². The Labute approximate surface area is 45.1 Å². The Bertz CT molecular complexity index is 50.5. The minimum Gasteiger partial charge on any atom is -0.664 e. The fourth-order valence-corrected chi connectivity index (χ4v) is 0.878. The fraction of sp³-hybridized carbons (Fsp3) is 0.833. The summed E-state index contributed by atoms with van der Waals surface area (Å²) in [6, 6.07) is 0. The van der Waals surface area contributed by atoms with Crippen molar-refractivity contribution in [3.8, 4) is 0 Å². The van der Waals surface area contributed by atoms with E-state index in [-0.39, 0.29) is 0 Å². The van der Waals surface area contributed by atoms with Crippen molar-refractivity contribution >= 4 is 0 Å². The van der Waals surface area contributed by atoms with E-state index < -0.39 is 0 Å². The van der Waals surface area contributed by atoms with Crippen molar-refractivity contribution in [2.75, 3.05) is 13.1 Å². The molecule has 0 aromatic carbocycles. The molecule has 0 saturated carbocycles. The summed E-state index contributed by atoms with van der Waals surface area (Å²) in [5, 5.41) is 4.20. The standard InChI is InChI=1S/C6H11N.Cm/c1-2-6-3-4-7-5-6;/h2,6H,3-5H2,1H3;/q-2;. The second-order valence-electron chi connectivity index (χ2n) is 2.01. The van der Waals surface area contributed by atoms with E-state index >= 15 is 0 Å².